The molecule has 1 unspecified atom stereocenters. The summed E-state index contributed by atoms with van der Waals surface area (Å²) in [7, 11) is 0. The standard InChI is InChI=1S/C10H17NO2/c1-5-7-9(6-2)11-10(12)13-8(3)4/h2,8-9H,5,7H2,1,3-4H3,(H,11,12). The van der Waals surface area contributed by atoms with Crippen LogP contribution in [0, 0.1) is 12.3 Å². The Balaban J connectivity index is 3.81. The third-order valence-corrected chi connectivity index (χ3v) is 1.41. The summed E-state index contributed by atoms with van der Waals surface area (Å²) in [5.74, 6) is 2.50. The molecule has 74 valence electrons. The minimum Gasteiger partial charge on any atom is -0.447 e. The Labute approximate surface area is 79.8 Å². The smallest absolute Gasteiger partial charge is 0.408 e. The molecule has 0 aliphatic heterocycles. The molecular weight excluding hydrogens is 166 g/mol. The zero-order chi connectivity index (χ0) is 10.3. The maximum absolute atomic E-state index is 11.1. The van der Waals surface area contributed by atoms with Crippen LogP contribution in [0.25, 0.3) is 0 Å². The molecule has 0 saturated heterocycles. The van der Waals surface area contributed by atoms with Gasteiger partial charge in [0, 0.05) is 0 Å². The topological polar surface area (TPSA) is 38.3 Å². The number of terminal acetylenes is 1. The highest BCUT2D eigenvalue weighted by Gasteiger charge is 2.10. The third-order valence-electron chi connectivity index (χ3n) is 1.41. The molecule has 1 amide bonds. The van der Waals surface area contributed by atoms with Crippen molar-refractivity contribution in [2.24, 2.45) is 0 Å². The fraction of sp³-hybridized carbons (Fsp3) is 0.700. The number of ether oxygens (including phenoxy) is 1. The van der Waals surface area contributed by atoms with Crippen LogP contribution in [0.3, 0.4) is 0 Å². The lowest BCUT2D eigenvalue weighted by molar-refractivity contribution is 0.113. The maximum atomic E-state index is 11.1. The van der Waals surface area contributed by atoms with Crippen LogP contribution in [0.4, 0.5) is 4.79 Å². The van der Waals surface area contributed by atoms with Crippen molar-refractivity contribution in [2.45, 2.75) is 45.8 Å². The molecule has 0 aromatic rings. The van der Waals surface area contributed by atoms with Gasteiger partial charge in [-0.1, -0.05) is 19.3 Å². The molecule has 1 N–H and O–H groups in total. The highest BCUT2D eigenvalue weighted by atomic mass is 16.6. The van der Waals surface area contributed by atoms with Crippen LogP contribution in [0.5, 0.6) is 0 Å². The van der Waals surface area contributed by atoms with Crippen LogP contribution in [0.2, 0.25) is 0 Å². The van der Waals surface area contributed by atoms with E-state index >= 15 is 0 Å². The van der Waals surface area contributed by atoms with Gasteiger partial charge in [-0.3, -0.25) is 0 Å². The first kappa shape index (κ1) is 11.8. The van der Waals surface area contributed by atoms with E-state index in [0.29, 0.717) is 0 Å². The molecule has 0 aliphatic rings. The third kappa shape index (κ3) is 6.03. The number of carbonyl (C=O) groups is 1. The molecule has 0 aromatic heterocycles. The van der Waals surface area contributed by atoms with Crippen molar-refractivity contribution in [1.29, 1.82) is 0 Å². The molecule has 0 aliphatic carbocycles. The number of rotatable bonds is 4. The molecule has 0 aromatic carbocycles. The molecule has 0 radical (unpaired) electrons. The predicted octanol–water partition coefficient (Wildman–Crippen LogP) is 1.92. The first-order chi connectivity index (χ1) is 6.10. The van der Waals surface area contributed by atoms with Crippen molar-refractivity contribution < 1.29 is 9.53 Å². The second kappa shape index (κ2) is 6.36. The number of amides is 1. The first-order valence-corrected chi connectivity index (χ1v) is 4.53. The summed E-state index contributed by atoms with van der Waals surface area (Å²) >= 11 is 0. The number of alkyl carbamates (subject to hydrolysis) is 1. The first-order valence-electron chi connectivity index (χ1n) is 4.53. The second-order valence-electron chi connectivity index (χ2n) is 3.11. The Kier molecular flexibility index (Phi) is 5.79. The predicted molar refractivity (Wildman–Crippen MR) is 52.3 cm³/mol. The van der Waals surface area contributed by atoms with Crippen LogP contribution in [-0.4, -0.2) is 18.2 Å². The van der Waals surface area contributed by atoms with Gasteiger partial charge in [-0.2, -0.15) is 0 Å². The van der Waals surface area contributed by atoms with E-state index in [9.17, 15) is 4.79 Å². The van der Waals surface area contributed by atoms with Gasteiger partial charge in [0.25, 0.3) is 0 Å². The summed E-state index contributed by atoms with van der Waals surface area (Å²) in [6, 6.07) is -0.212. The summed E-state index contributed by atoms with van der Waals surface area (Å²) < 4.78 is 4.88. The summed E-state index contributed by atoms with van der Waals surface area (Å²) in [6.07, 6.45) is 6.39. The fourth-order valence-electron chi connectivity index (χ4n) is 0.876. The Hall–Kier alpha value is -1.17. The minimum atomic E-state index is -0.439. The Morgan fingerprint density at radius 2 is 2.23 bits per heavy atom. The van der Waals surface area contributed by atoms with E-state index in [1.807, 2.05) is 6.92 Å². The van der Waals surface area contributed by atoms with Crippen molar-refractivity contribution in [3.8, 4) is 12.3 Å². The number of hydrogen-bond donors (Lipinski definition) is 1. The summed E-state index contributed by atoms with van der Waals surface area (Å²) in [4.78, 5) is 11.1. The van der Waals surface area contributed by atoms with E-state index in [4.69, 9.17) is 11.2 Å². The van der Waals surface area contributed by atoms with Crippen molar-refractivity contribution in [2.75, 3.05) is 0 Å². The molecule has 0 bridgehead atoms. The molecular formula is C10H17NO2. The van der Waals surface area contributed by atoms with Gasteiger partial charge < -0.3 is 10.1 Å². The van der Waals surface area contributed by atoms with Crippen molar-refractivity contribution in [1.82, 2.24) is 5.32 Å². The van der Waals surface area contributed by atoms with Crippen molar-refractivity contribution >= 4 is 6.09 Å². The SMILES string of the molecule is C#CC(CCC)NC(=O)OC(C)C. The molecule has 1 atom stereocenters. The van der Waals surface area contributed by atoms with Crippen LogP contribution in [-0.2, 0) is 4.74 Å². The number of hydrogen-bond acceptors (Lipinski definition) is 2. The lowest BCUT2D eigenvalue weighted by Crippen LogP contribution is -2.35. The summed E-state index contributed by atoms with van der Waals surface area (Å²) in [5.41, 5.74) is 0. The molecule has 0 fully saturated rings. The van der Waals surface area contributed by atoms with E-state index in [1.165, 1.54) is 0 Å². The quantitative estimate of drug-likeness (QED) is 0.676. The van der Waals surface area contributed by atoms with E-state index in [0.717, 1.165) is 12.8 Å². The van der Waals surface area contributed by atoms with E-state index in [1.54, 1.807) is 13.8 Å². The molecule has 0 spiro atoms. The van der Waals surface area contributed by atoms with Gasteiger partial charge in [-0.05, 0) is 20.3 Å². The number of nitrogens with one attached hydrogen (secondary N) is 1. The zero-order valence-electron chi connectivity index (χ0n) is 8.46. The summed E-state index contributed by atoms with van der Waals surface area (Å²) in [5, 5.41) is 2.60. The average Bonchev–Trinajstić information content (AvgIpc) is 2.02. The second-order valence-corrected chi connectivity index (χ2v) is 3.11. The summed E-state index contributed by atoms with van der Waals surface area (Å²) in [6.45, 7) is 5.61. The highest BCUT2D eigenvalue weighted by molar-refractivity contribution is 5.68. The van der Waals surface area contributed by atoms with E-state index in [2.05, 4.69) is 11.2 Å². The lowest BCUT2D eigenvalue weighted by atomic mass is 10.2. The molecule has 3 heteroatoms. The molecule has 0 saturated carbocycles. The normalized spacial score (nSPS) is 11.9. The largest absolute Gasteiger partial charge is 0.447 e. The zero-order valence-corrected chi connectivity index (χ0v) is 8.46. The van der Waals surface area contributed by atoms with Crippen LogP contribution in [0.1, 0.15) is 33.6 Å². The Bertz CT molecular complexity index is 194. The van der Waals surface area contributed by atoms with E-state index < -0.39 is 6.09 Å². The monoisotopic (exact) mass is 183 g/mol. The van der Waals surface area contributed by atoms with Gasteiger partial charge in [0.05, 0.1) is 12.1 Å². The Morgan fingerprint density at radius 1 is 1.62 bits per heavy atom. The van der Waals surface area contributed by atoms with Gasteiger partial charge in [-0.25, -0.2) is 4.79 Å². The molecule has 0 heterocycles. The van der Waals surface area contributed by atoms with Crippen molar-refractivity contribution in [3.05, 3.63) is 0 Å². The molecule has 13 heavy (non-hydrogen) atoms. The van der Waals surface area contributed by atoms with Gasteiger partial charge in [0.15, 0.2) is 0 Å². The fourth-order valence-corrected chi connectivity index (χ4v) is 0.876. The van der Waals surface area contributed by atoms with Gasteiger partial charge >= 0.3 is 6.09 Å². The van der Waals surface area contributed by atoms with Gasteiger partial charge in [0.2, 0.25) is 0 Å². The molecule has 3 nitrogen and oxygen atoms in total. The average molecular weight is 183 g/mol. The lowest BCUT2D eigenvalue weighted by Gasteiger charge is -2.13. The van der Waals surface area contributed by atoms with Crippen LogP contribution >= 0.6 is 0 Å². The maximum Gasteiger partial charge on any atom is 0.408 e. The van der Waals surface area contributed by atoms with Gasteiger partial charge in [0.1, 0.15) is 0 Å². The number of carbonyl (C=O) groups excluding carboxylic acids is 1. The molecule has 0 rings (SSSR count). The van der Waals surface area contributed by atoms with Crippen LogP contribution < -0.4 is 5.32 Å². The van der Waals surface area contributed by atoms with Crippen LogP contribution in [0.15, 0.2) is 0 Å². The van der Waals surface area contributed by atoms with Crippen molar-refractivity contribution in [3.63, 3.8) is 0 Å². The van der Waals surface area contributed by atoms with Gasteiger partial charge in [-0.15, -0.1) is 6.42 Å². The minimum absolute atomic E-state index is 0.111. The van der Waals surface area contributed by atoms with E-state index in [-0.39, 0.29) is 12.1 Å². The Morgan fingerprint density at radius 3 is 2.62 bits per heavy atom. The highest BCUT2D eigenvalue weighted by Crippen LogP contribution is 1.96.